The first-order chi connectivity index (χ1) is 12.8. The van der Waals surface area contributed by atoms with Crippen molar-refractivity contribution in [1.29, 1.82) is 0 Å². The molecule has 7 nitrogen and oxygen atoms in total. The van der Waals surface area contributed by atoms with Gasteiger partial charge in [0.25, 0.3) is 5.91 Å². The summed E-state index contributed by atoms with van der Waals surface area (Å²) >= 11 is 0. The molecule has 4 rings (SSSR count). The van der Waals surface area contributed by atoms with Crippen molar-refractivity contribution in [3.63, 3.8) is 0 Å². The van der Waals surface area contributed by atoms with Crippen molar-refractivity contribution < 1.29 is 14.3 Å². The van der Waals surface area contributed by atoms with Crippen LogP contribution in [0.3, 0.4) is 0 Å². The van der Waals surface area contributed by atoms with Gasteiger partial charge in [-0.15, -0.1) is 5.10 Å². The van der Waals surface area contributed by atoms with Crippen LogP contribution in [0.2, 0.25) is 0 Å². The number of benzene rings is 2. The van der Waals surface area contributed by atoms with Crippen LogP contribution in [0, 0.1) is 0 Å². The lowest BCUT2D eigenvalue weighted by atomic mass is 10.2. The molecule has 1 amide bonds. The van der Waals surface area contributed by atoms with Crippen molar-refractivity contribution in [3.05, 3.63) is 72.1 Å². The first-order valence-corrected chi connectivity index (χ1v) is 8.39. The maximum absolute atomic E-state index is 12.3. The van der Waals surface area contributed by atoms with Gasteiger partial charge in [-0.1, -0.05) is 47.7 Å². The molecular formula is C19H18N4O3. The normalized spacial score (nSPS) is 15.5. The van der Waals surface area contributed by atoms with E-state index >= 15 is 0 Å². The van der Waals surface area contributed by atoms with E-state index < -0.39 is 0 Å². The second-order valence-corrected chi connectivity index (χ2v) is 5.99. The van der Waals surface area contributed by atoms with Crippen LogP contribution in [0.4, 0.5) is 0 Å². The lowest BCUT2D eigenvalue weighted by Crippen LogP contribution is -2.40. The molecule has 1 aliphatic rings. The molecule has 7 heteroatoms. The van der Waals surface area contributed by atoms with Crippen LogP contribution in [0.15, 0.2) is 60.8 Å². The average Bonchev–Trinajstić information content (AvgIpc) is 3.15. The van der Waals surface area contributed by atoms with Crippen LogP contribution in [0.5, 0.6) is 11.5 Å². The highest BCUT2D eigenvalue weighted by Crippen LogP contribution is 2.30. The number of rotatable bonds is 5. The van der Waals surface area contributed by atoms with Crippen molar-refractivity contribution >= 4 is 5.91 Å². The monoisotopic (exact) mass is 350 g/mol. The van der Waals surface area contributed by atoms with Gasteiger partial charge < -0.3 is 14.8 Å². The third-order valence-electron chi connectivity index (χ3n) is 4.02. The Hall–Kier alpha value is -3.35. The molecule has 0 fully saturated rings. The summed E-state index contributed by atoms with van der Waals surface area (Å²) in [4.78, 5) is 12.3. The molecule has 0 radical (unpaired) electrons. The summed E-state index contributed by atoms with van der Waals surface area (Å²) in [5.74, 6) is 1.12. The Kier molecular flexibility index (Phi) is 4.51. The van der Waals surface area contributed by atoms with Gasteiger partial charge in [-0.2, -0.15) is 0 Å². The van der Waals surface area contributed by atoms with Crippen LogP contribution < -0.4 is 14.8 Å². The first kappa shape index (κ1) is 16.1. The van der Waals surface area contributed by atoms with E-state index in [9.17, 15) is 4.79 Å². The molecule has 1 aromatic heterocycles. The van der Waals surface area contributed by atoms with E-state index in [0.717, 1.165) is 11.3 Å². The van der Waals surface area contributed by atoms with Crippen LogP contribution in [-0.2, 0) is 6.54 Å². The number of aromatic nitrogens is 3. The lowest BCUT2D eigenvalue weighted by Gasteiger charge is -2.26. The number of nitrogens with zero attached hydrogens (tertiary/aromatic N) is 3. The standard InChI is InChI=1S/C19H18N4O3/c24-19(16-12-23(22-21-16)11-14-6-2-1-3-7-14)20-10-15-13-25-17-8-4-5-9-18(17)26-15/h1-9,12,15H,10-11,13H2,(H,20,24). The molecule has 0 aliphatic carbocycles. The van der Waals surface area contributed by atoms with Gasteiger partial charge in [0.15, 0.2) is 17.2 Å². The molecule has 0 spiro atoms. The number of nitrogens with one attached hydrogen (secondary N) is 1. The predicted molar refractivity (Wildman–Crippen MR) is 94.3 cm³/mol. The van der Waals surface area contributed by atoms with Gasteiger partial charge in [-0.05, 0) is 17.7 Å². The van der Waals surface area contributed by atoms with Crippen LogP contribution in [0.25, 0.3) is 0 Å². The van der Waals surface area contributed by atoms with E-state index in [2.05, 4.69) is 15.6 Å². The fourth-order valence-electron chi connectivity index (χ4n) is 2.71. The van der Waals surface area contributed by atoms with Crippen molar-refractivity contribution in [2.45, 2.75) is 12.6 Å². The molecule has 132 valence electrons. The van der Waals surface area contributed by atoms with E-state index in [1.807, 2.05) is 54.6 Å². The minimum absolute atomic E-state index is 0.242. The molecule has 1 atom stereocenters. The van der Waals surface area contributed by atoms with Gasteiger partial charge in [-0.25, -0.2) is 4.68 Å². The molecule has 3 aromatic rings. The molecular weight excluding hydrogens is 332 g/mol. The van der Waals surface area contributed by atoms with Gasteiger partial charge in [-0.3, -0.25) is 4.79 Å². The minimum Gasteiger partial charge on any atom is -0.486 e. The molecule has 1 aliphatic heterocycles. The highest BCUT2D eigenvalue weighted by molar-refractivity contribution is 5.91. The van der Waals surface area contributed by atoms with E-state index in [0.29, 0.717) is 25.4 Å². The summed E-state index contributed by atoms with van der Waals surface area (Å²) in [7, 11) is 0. The number of para-hydroxylation sites is 2. The number of hydrogen-bond acceptors (Lipinski definition) is 5. The number of hydrogen-bond donors (Lipinski definition) is 1. The molecule has 0 saturated carbocycles. The summed E-state index contributed by atoms with van der Waals surface area (Å²) in [5, 5.41) is 10.8. The fourth-order valence-corrected chi connectivity index (χ4v) is 2.71. The summed E-state index contributed by atoms with van der Waals surface area (Å²) in [6.45, 7) is 1.29. The number of carbonyl (C=O) groups excluding carboxylic acids is 1. The Labute approximate surface area is 150 Å². The maximum atomic E-state index is 12.3. The van der Waals surface area contributed by atoms with Crippen LogP contribution in [0.1, 0.15) is 16.1 Å². The van der Waals surface area contributed by atoms with Crippen LogP contribution >= 0.6 is 0 Å². The summed E-state index contributed by atoms with van der Waals surface area (Å²) in [5.41, 5.74) is 1.37. The molecule has 1 N–H and O–H groups in total. The van der Waals surface area contributed by atoms with E-state index in [4.69, 9.17) is 9.47 Å². The Bertz CT molecular complexity index is 895. The zero-order valence-corrected chi connectivity index (χ0v) is 14.0. The third kappa shape index (κ3) is 3.66. The van der Waals surface area contributed by atoms with Gasteiger partial charge in [0, 0.05) is 0 Å². The molecule has 26 heavy (non-hydrogen) atoms. The summed E-state index contributed by atoms with van der Waals surface area (Å²) < 4.78 is 13.1. The number of amides is 1. The third-order valence-corrected chi connectivity index (χ3v) is 4.02. The van der Waals surface area contributed by atoms with E-state index in [1.54, 1.807) is 10.9 Å². The Morgan fingerprint density at radius 1 is 1.12 bits per heavy atom. The second-order valence-electron chi connectivity index (χ2n) is 5.99. The highest BCUT2D eigenvalue weighted by Gasteiger charge is 2.21. The minimum atomic E-state index is -0.285. The Morgan fingerprint density at radius 2 is 1.88 bits per heavy atom. The largest absolute Gasteiger partial charge is 0.486 e. The highest BCUT2D eigenvalue weighted by atomic mass is 16.6. The Morgan fingerprint density at radius 3 is 2.73 bits per heavy atom. The predicted octanol–water partition coefficient (Wildman–Crippen LogP) is 1.90. The lowest BCUT2D eigenvalue weighted by molar-refractivity contribution is 0.0786. The molecule has 0 bridgehead atoms. The summed E-state index contributed by atoms with van der Waals surface area (Å²) in [6.07, 6.45) is 1.39. The zero-order valence-electron chi connectivity index (χ0n) is 14.0. The molecule has 2 aromatic carbocycles. The van der Waals surface area contributed by atoms with Crippen molar-refractivity contribution in [2.24, 2.45) is 0 Å². The smallest absolute Gasteiger partial charge is 0.273 e. The first-order valence-electron chi connectivity index (χ1n) is 8.39. The van der Waals surface area contributed by atoms with Gasteiger partial charge in [0.2, 0.25) is 0 Å². The fraction of sp³-hybridized carbons (Fsp3) is 0.211. The zero-order chi connectivity index (χ0) is 17.8. The maximum Gasteiger partial charge on any atom is 0.273 e. The quantitative estimate of drug-likeness (QED) is 0.760. The number of fused-ring (bicyclic) bond motifs is 1. The number of ether oxygens (including phenoxy) is 2. The number of carbonyl (C=O) groups is 1. The average molecular weight is 350 g/mol. The SMILES string of the molecule is O=C(NCC1COc2ccccc2O1)c1cn(Cc2ccccc2)nn1. The van der Waals surface area contributed by atoms with Crippen molar-refractivity contribution in [3.8, 4) is 11.5 Å². The van der Waals surface area contributed by atoms with Crippen molar-refractivity contribution in [2.75, 3.05) is 13.2 Å². The Balaban J connectivity index is 1.32. The van der Waals surface area contributed by atoms with Gasteiger partial charge in [0.1, 0.15) is 12.7 Å². The second kappa shape index (κ2) is 7.26. The molecule has 0 saturated heterocycles. The van der Waals surface area contributed by atoms with Crippen LogP contribution in [-0.4, -0.2) is 40.2 Å². The molecule has 1 unspecified atom stereocenters. The molecule has 2 heterocycles. The van der Waals surface area contributed by atoms with Gasteiger partial charge in [0.05, 0.1) is 19.3 Å². The topological polar surface area (TPSA) is 78.3 Å². The van der Waals surface area contributed by atoms with Crippen molar-refractivity contribution in [1.82, 2.24) is 20.3 Å². The van der Waals surface area contributed by atoms with Gasteiger partial charge >= 0.3 is 0 Å². The van der Waals surface area contributed by atoms with E-state index in [1.165, 1.54) is 0 Å². The summed E-state index contributed by atoms with van der Waals surface area (Å²) in [6, 6.07) is 17.4. The van der Waals surface area contributed by atoms with E-state index in [-0.39, 0.29) is 17.7 Å².